The van der Waals surface area contributed by atoms with E-state index in [2.05, 4.69) is 5.32 Å². The first-order valence-electron chi connectivity index (χ1n) is 10.7. The summed E-state index contributed by atoms with van der Waals surface area (Å²) in [4.78, 5) is 26.9. The third-order valence-electron chi connectivity index (χ3n) is 6.14. The SMILES string of the molecule is COc1cc(O)c(C(CC(=O)N2CCCCC2)c2ccc3c(c2)CC(=O)N3)c(OC)c1. The van der Waals surface area contributed by atoms with Crippen LogP contribution in [-0.2, 0) is 16.0 Å². The summed E-state index contributed by atoms with van der Waals surface area (Å²) in [6.45, 7) is 1.53. The lowest BCUT2D eigenvalue weighted by Gasteiger charge is -2.29. The number of carbonyl (C=O) groups is 2. The number of rotatable bonds is 6. The van der Waals surface area contributed by atoms with Crippen LogP contribution in [0.1, 0.15) is 48.3 Å². The molecule has 2 aliphatic heterocycles. The average Bonchev–Trinajstić information content (AvgIpc) is 3.16. The fourth-order valence-corrected chi connectivity index (χ4v) is 4.52. The van der Waals surface area contributed by atoms with Gasteiger partial charge in [0, 0.05) is 48.8 Å². The Hall–Kier alpha value is -3.22. The van der Waals surface area contributed by atoms with Crippen LogP contribution in [0.25, 0.3) is 0 Å². The highest BCUT2D eigenvalue weighted by atomic mass is 16.5. The largest absolute Gasteiger partial charge is 0.507 e. The highest BCUT2D eigenvalue weighted by Gasteiger charge is 2.30. The Morgan fingerprint density at radius 2 is 1.90 bits per heavy atom. The summed E-state index contributed by atoms with van der Waals surface area (Å²) in [5, 5.41) is 13.7. The normalized spacial score (nSPS) is 16.5. The van der Waals surface area contributed by atoms with Crippen molar-refractivity contribution in [3.05, 3.63) is 47.0 Å². The molecule has 1 saturated heterocycles. The van der Waals surface area contributed by atoms with Crippen LogP contribution >= 0.6 is 0 Å². The number of anilines is 1. The number of piperidine rings is 1. The van der Waals surface area contributed by atoms with Crippen molar-refractivity contribution in [1.29, 1.82) is 0 Å². The summed E-state index contributed by atoms with van der Waals surface area (Å²) in [7, 11) is 3.06. The Kier molecular flexibility index (Phi) is 6.02. The van der Waals surface area contributed by atoms with E-state index in [-0.39, 0.29) is 24.0 Å². The molecule has 7 nitrogen and oxygen atoms in total. The van der Waals surface area contributed by atoms with Crippen LogP contribution in [0.2, 0.25) is 0 Å². The van der Waals surface area contributed by atoms with Crippen LogP contribution in [0.3, 0.4) is 0 Å². The van der Waals surface area contributed by atoms with Crippen molar-refractivity contribution in [2.75, 3.05) is 32.6 Å². The molecule has 2 aromatic carbocycles. The summed E-state index contributed by atoms with van der Waals surface area (Å²) in [6, 6.07) is 8.97. The monoisotopic (exact) mass is 424 g/mol. The van der Waals surface area contributed by atoms with E-state index in [9.17, 15) is 14.7 Å². The second-order valence-electron chi connectivity index (χ2n) is 8.10. The molecule has 31 heavy (non-hydrogen) atoms. The van der Waals surface area contributed by atoms with E-state index in [0.717, 1.165) is 49.2 Å². The number of aromatic hydroxyl groups is 1. The number of carbonyl (C=O) groups excluding carboxylic acids is 2. The predicted molar refractivity (Wildman–Crippen MR) is 117 cm³/mol. The van der Waals surface area contributed by atoms with Crippen molar-refractivity contribution >= 4 is 17.5 Å². The second kappa shape index (κ2) is 8.88. The number of benzene rings is 2. The highest BCUT2D eigenvalue weighted by molar-refractivity contribution is 5.99. The van der Waals surface area contributed by atoms with Gasteiger partial charge in [0.15, 0.2) is 0 Å². The quantitative estimate of drug-likeness (QED) is 0.742. The smallest absolute Gasteiger partial charge is 0.228 e. The number of likely N-dealkylation sites (tertiary alicyclic amines) is 1. The fraction of sp³-hybridized carbons (Fsp3) is 0.417. The molecule has 0 bridgehead atoms. The predicted octanol–water partition coefficient (Wildman–Crippen LogP) is 3.44. The minimum absolute atomic E-state index is 0.0161. The number of fused-ring (bicyclic) bond motifs is 1. The van der Waals surface area contributed by atoms with Gasteiger partial charge in [-0.3, -0.25) is 9.59 Å². The number of nitrogens with one attached hydrogen (secondary N) is 1. The molecule has 2 aliphatic rings. The minimum atomic E-state index is -0.420. The van der Waals surface area contributed by atoms with Crippen LogP contribution < -0.4 is 14.8 Å². The zero-order valence-electron chi connectivity index (χ0n) is 17.9. The lowest BCUT2D eigenvalue weighted by molar-refractivity contribution is -0.132. The molecule has 1 atom stereocenters. The summed E-state index contributed by atoms with van der Waals surface area (Å²) in [6.07, 6.45) is 3.69. The van der Waals surface area contributed by atoms with Gasteiger partial charge in [0.05, 0.1) is 20.6 Å². The van der Waals surface area contributed by atoms with E-state index in [1.54, 1.807) is 6.07 Å². The van der Waals surface area contributed by atoms with Gasteiger partial charge in [-0.1, -0.05) is 12.1 Å². The third kappa shape index (κ3) is 4.31. The first kappa shape index (κ1) is 21.0. The lowest BCUT2D eigenvalue weighted by Crippen LogP contribution is -2.36. The molecule has 0 aliphatic carbocycles. The summed E-state index contributed by atoms with van der Waals surface area (Å²) >= 11 is 0. The molecule has 2 aromatic rings. The van der Waals surface area contributed by atoms with Crippen LogP contribution in [0.15, 0.2) is 30.3 Å². The topological polar surface area (TPSA) is 88.1 Å². The van der Waals surface area contributed by atoms with Crippen molar-refractivity contribution in [2.45, 2.75) is 38.0 Å². The molecule has 0 spiro atoms. The molecule has 164 valence electrons. The van der Waals surface area contributed by atoms with Gasteiger partial charge in [0.2, 0.25) is 11.8 Å². The molecular formula is C24H28N2O5. The Labute approximate surface area is 182 Å². The van der Waals surface area contributed by atoms with Crippen molar-refractivity contribution < 1.29 is 24.2 Å². The van der Waals surface area contributed by atoms with Gasteiger partial charge in [0.25, 0.3) is 0 Å². The maximum absolute atomic E-state index is 13.2. The van der Waals surface area contributed by atoms with E-state index >= 15 is 0 Å². The molecule has 0 saturated carbocycles. The third-order valence-corrected chi connectivity index (χ3v) is 6.14. The van der Waals surface area contributed by atoms with Crippen LogP contribution in [0.5, 0.6) is 17.2 Å². The molecule has 1 unspecified atom stereocenters. The lowest BCUT2D eigenvalue weighted by atomic mass is 9.85. The summed E-state index contributed by atoms with van der Waals surface area (Å²) in [5.41, 5.74) is 3.09. The van der Waals surface area contributed by atoms with Gasteiger partial charge in [-0.2, -0.15) is 0 Å². The number of phenolic OH excluding ortho intramolecular Hbond substituents is 1. The standard InChI is InChI=1S/C24H28N2O5/c1-30-17-12-20(27)24(21(13-17)31-2)18(14-23(29)26-8-4-3-5-9-26)15-6-7-19-16(10-15)11-22(28)25-19/h6-7,10,12-13,18,27H,3-5,8-9,11,14H2,1-2H3,(H,25,28). The highest BCUT2D eigenvalue weighted by Crippen LogP contribution is 2.44. The summed E-state index contributed by atoms with van der Waals surface area (Å²) in [5.74, 6) is 0.541. The first-order chi connectivity index (χ1) is 15.0. The Bertz CT molecular complexity index is 998. The van der Waals surface area contributed by atoms with E-state index < -0.39 is 5.92 Å². The number of methoxy groups -OCH3 is 2. The van der Waals surface area contributed by atoms with Gasteiger partial charge >= 0.3 is 0 Å². The average molecular weight is 424 g/mol. The molecular weight excluding hydrogens is 396 g/mol. The van der Waals surface area contributed by atoms with E-state index in [1.807, 2.05) is 23.1 Å². The number of phenols is 1. The zero-order valence-corrected chi connectivity index (χ0v) is 17.9. The number of ether oxygens (including phenoxy) is 2. The maximum atomic E-state index is 13.2. The molecule has 4 rings (SSSR count). The van der Waals surface area contributed by atoms with Crippen molar-refractivity contribution in [2.24, 2.45) is 0 Å². The van der Waals surface area contributed by atoms with Gasteiger partial charge in [0.1, 0.15) is 17.2 Å². The van der Waals surface area contributed by atoms with Crippen LogP contribution in [0.4, 0.5) is 5.69 Å². The number of hydrogen-bond acceptors (Lipinski definition) is 5. The Balaban J connectivity index is 1.76. The van der Waals surface area contributed by atoms with E-state index in [0.29, 0.717) is 23.5 Å². The van der Waals surface area contributed by atoms with E-state index in [1.165, 1.54) is 20.3 Å². The number of hydrogen-bond donors (Lipinski definition) is 2. The summed E-state index contributed by atoms with van der Waals surface area (Å²) < 4.78 is 10.8. The Morgan fingerprint density at radius 1 is 1.13 bits per heavy atom. The maximum Gasteiger partial charge on any atom is 0.228 e. The number of amides is 2. The van der Waals surface area contributed by atoms with Crippen molar-refractivity contribution in [1.82, 2.24) is 4.90 Å². The zero-order chi connectivity index (χ0) is 22.0. The minimum Gasteiger partial charge on any atom is -0.507 e. The van der Waals surface area contributed by atoms with Crippen molar-refractivity contribution in [3.8, 4) is 17.2 Å². The van der Waals surface area contributed by atoms with Gasteiger partial charge in [-0.05, 0) is 36.5 Å². The first-order valence-corrected chi connectivity index (χ1v) is 10.7. The molecule has 1 fully saturated rings. The van der Waals surface area contributed by atoms with Crippen LogP contribution in [-0.4, -0.2) is 49.1 Å². The molecule has 2 N–H and O–H groups in total. The fourth-order valence-electron chi connectivity index (χ4n) is 4.52. The molecule has 2 amide bonds. The molecule has 2 heterocycles. The second-order valence-corrected chi connectivity index (χ2v) is 8.10. The van der Waals surface area contributed by atoms with Gasteiger partial charge < -0.3 is 24.8 Å². The van der Waals surface area contributed by atoms with Crippen molar-refractivity contribution in [3.63, 3.8) is 0 Å². The van der Waals surface area contributed by atoms with E-state index in [4.69, 9.17) is 9.47 Å². The molecule has 7 heteroatoms. The number of nitrogens with zero attached hydrogens (tertiary/aromatic N) is 1. The Morgan fingerprint density at radius 3 is 2.61 bits per heavy atom. The molecule has 0 radical (unpaired) electrons. The van der Waals surface area contributed by atoms with Gasteiger partial charge in [-0.25, -0.2) is 0 Å². The molecule has 0 aromatic heterocycles. The van der Waals surface area contributed by atoms with Gasteiger partial charge in [-0.15, -0.1) is 0 Å². The van der Waals surface area contributed by atoms with Crippen LogP contribution in [0, 0.1) is 0 Å².